The molecular formula is C18H21N5. The maximum absolute atomic E-state index is 4.44. The van der Waals surface area contributed by atoms with Crippen molar-refractivity contribution in [3.05, 3.63) is 72.3 Å². The van der Waals surface area contributed by atoms with E-state index in [0.29, 0.717) is 0 Å². The number of benzene rings is 1. The number of hydrogen-bond acceptors (Lipinski definition) is 4. The number of hydrogen-bond donors (Lipinski definition) is 1. The van der Waals surface area contributed by atoms with Crippen molar-refractivity contribution >= 4 is 0 Å². The fourth-order valence-corrected chi connectivity index (χ4v) is 2.74. The number of nitrogens with one attached hydrogen (secondary N) is 1. The van der Waals surface area contributed by atoms with Crippen LogP contribution in [0.1, 0.15) is 42.9 Å². The standard InChI is InChI=1S/C18H21N5/c1-13(22-15(3)18-14(2)20-8-9-21-18)16-4-6-17(7-5-16)23-11-10-19-12-23/h4-13,15,22H,1-3H3/t13-,15+/m1/s1. The largest absolute Gasteiger partial charge is 0.306 e. The lowest BCUT2D eigenvalue weighted by molar-refractivity contribution is 0.483. The Balaban J connectivity index is 1.71. The van der Waals surface area contributed by atoms with E-state index in [2.05, 4.69) is 58.4 Å². The van der Waals surface area contributed by atoms with Crippen LogP contribution < -0.4 is 5.32 Å². The van der Waals surface area contributed by atoms with Gasteiger partial charge in [-0.05, 0) is 38.5 Å². The second kappa shape index (κ2) is 6.71. The van der Waals surface area contributed by atoms with Crippen LogP contribution in [-0.4, -0.2) is 19.5 Å². The Kier molecular flexibility index (Phi) is 4.48. The highest BCUT2D eigenvalue weighted by Gasteiger charge is 2.14. The second-order valence-electron chi connectivity index (χ2n) is 5.70. The predicted molar refractivity (Wildman–Crippen MR) is 90.3 cm³/mol. The molecule has 3 rings (SSSR count). The lowest BCUT2D eigenvalue weighted by Crippen LogP contribution is -2.24. The van der Waals surface area contributed by atoms with E-state index in [0.717, 1.165) is 17.1 Å². The summed E-state index contributed by atoms with van der Waals surface area (Å²) < 4.78 is 1.99. The molecule has 0 saturated carbocycles. The van der Waals surface area contributed by atoms with Gasteiger partial charge in [0, 0.05) is 42.6 Å². The van der Waals surface area contributed by atoms with Crippen molar-refractivity contribution in [2.75, 3.05) is 0 Å². The number of nitrogens with zero attached hydrogens (tertiary/aromatic N) is 4. The third kappa shape index (κ3) is 3.46. The molecular weight excluding hydrogens is 286 g/mol. The Hall–Kier alpha value is -2.53. The van der Waals surface area contributed by atoms with Crippen molar-refractivity contribution in [2.45, 2.75) is 32.9 Å². The van der Waals surface area contributed by atoms with Crippen LogP contribution in [0.3, 0.4) is 0 Å². The molecule has 0 aliphatic rings. The van der Waals surface area contributed by atoms with Gasteiger partial charge in [-0.15, -0.1) is 0 Å². The van der Waals surface area contributed by atoms with Crippen molar-refractivity contribution in [3.63, 3.8) is 0 Å². The predicted octanol–water partition coefficient (Wildman–Crippen LogP) is 3.38. The van der Waals surface area contributed by atoms with E-state index in [1.54, 1.807) is 24.9 Å². The second-order valence-corrected chi connectivity index (χ2v) is 5.70. The summed E-state index contributed by atoms with van der Waals surface area (Å²) in [6.45, 7) is 6.27. The van der Waals surface area contributed by atoms with Gasteiger partial charge < -0.3 is 9.88 Å². The van der Waals surface area contributed by atoms with Crippen LogP contribution in [0.2, 0.25) is 0 Å². The third-order valence-electron chi connectivity index (χ3n) is 4.02. The summed E-state index contributed by atoms with van der Waals surface area (Å²) in [5.74, 6) is 0. The first-order valence-corrected chi connectivity index (χ1v) is 7.77. The van der Waals surface area contributed by atoms with E-state index >= 15 is 0 Å². The monoisotopic (exact) mass is 307 g/mol. The fourth-order valence-electron chi connectivity index (χ4n) is 2.74. The van der Waals surface area contributed by atoms with Gasteiger partial charge in [0.1, 0.15) is 0 Å². The van der Waals surface area contributed by atoms with Gasteiger partial charge in [0.05, 0.1) is 17.7 Å². The molecule has 1 aromatic carbocycles. The molecule has 2 aromatic heterocycles. The molecule has 0 bridgehead atoms. The molecule has 5 heteroatoms. The Morgan fingerprint density at radius 2 is 1.70 bits per heavy atom. The minimum absolute atomic E-state index is 0.145. The fraction of sp³-hybridized carbons (Fsp3) is 0.278. The maximum Gasteiger partial charge on any atom is 0.0991 e. The minimum Gasteiger partial charge on any atom is -0.306 e. The molecule has 23 heavy (non-hydrogen) atoms. The van der Waals surface area contributed by atoms with Gasteiger partial charge in [-0.2, -0.15) is 0 Å². The first-order chi connectivity index (χ1) is 11.1. The van der Waals surface area contributed by atoms with Gasteiger partial charge in [-0.3, -0.25) is 9.97 Å². The summed E-state index contributed by atoms with van der Waals surface area (Å²) in [4.78, 5) is 12.8. The summed E-state index contributed by atoms with van der Waals surface area (Å²) in [7, 11) is 0. The molecule has 0 amide bonds. The van der Waals surface area contributed by atoms with Gasteiger partial charge in [0.2, 0.25) is 0 Å². The van der Waals surface area contributed by atoms with Crippen molar-refractivity contribution in [1.29, 1.82) is 0 Å². The van der Waals surface area contributed by atoms with E-state index in [1.165, 1.54) is 5.56 Å². The maximum atomic E-state index is 4.44. The highest BCUT2D eigenvalue weighted by Crippen LogP contribution is 2.20. The first-order valence-electron chi connectivity index (χ1n) is 7.77. The van der Waals surface area contributed by atoms with Crippen LogP contribution in [0.4, 0.5) is 0 Å². The molecule has 0 radical (unpaired) electrons. The van der Waals surface area contributed by atoms with E-state index in [-0.39, 0.29) is 12.1 Å². The summed E-state index contributed by atoms with van der Waals surface area (Å²) in [5.41, 5.74) is 4.31. The molecule has 0 aliphatic carbocycles. The molecule has 0 spiro atoms. The van der Waals surface area contributed by atoms with Crippen LogP contribution in [-0.2, 0) is 0 Å². The zero-order valence-corrected chi connectivity index (χ0v) is 13.6. The van der Waals surface area contributed by atoms with Crippen LogP contribution >= 0.6 is 0 Å². The average Bonchev–Trinajstić information content (AvgIpc) is 3.09. The Bertz CT molecular complexity index is 749. The number of aryl methyl sites for hydroxylation is 1. The van der Waals surface area contributed by atoms with Crippen LogP contribution in [0.25, 0.3) is 5.69 Å². The molecule has 2 heterocycles. The zero-order chi connectivity index (χ0) is 16.2. The van der Waals surface area contributed by atoms with Gasteiger partial charge in [0.25, 0.3) is 0 Å². The summed E-state index contributed by atoms with van der Waals surface area (Å²) in [6, 6.07) is 8.86. The van der Waals surface area contributed by atoms with Crippen LogP contribution in [0, 0.1) is 6.92 Å². The lowest BCUT2D eigenvalue weighted by atomic mass is 10.1. The van der Waals surface area contributed by atoms with Crippen molar-refractivity contribution in [3.8, 4) is 5.69 Å². The summed E-state index contributed by atoms with van der Waals surface area (Å²) >= 11 is 0. The van der Waals surface area contributed by atoms with Gasteiger partial charge in [-0.25, -0.2) is 4.98 Å². The molecule has 3 aromatic rings. The molecule has 0 saturated heterocycles. The average molecular weight is 307 g/mol. The Morgan fingerprint density at radius 1 is 0.957 bits per heavy atom. The van der Waals surface area contributed by atoms with Gasteiger partial charge in [-0.1, -0.05) is 12.1 Å². The SMILES string of the molecule is Cc1nccnc1[C@H](C)N[C@H](C)c1ccc(-n2ccnc2)cc1. The smallest absolute Gasteiger partial charge is 0.0991 e. The summed E-state index contributed by atoms with van der Waals surface area (Å²) in [5, 5.41) is 3.59. The number of imidazole rings is 1. The topological polar surface area (TPSA) is 55.6 Å². The van der Waals surface area contributed by atoms with Crippen molar-refractivity contribution < 1.29 is 0 Å². The number of aromatic nitrogens is 4. The van der Waals surface area contributed by atoms with E-state index in [4.69, 9.17) is 0 Å². The molecule has 0 fully saturated rings. The van der Waals surface area contributed by atoms with Gasteiger partial charge >= 0.3 is 0 Å². The highest BCUT2D eigenvalue weighted by molar-refractivity contribution is 5.35. The number of rotatable bonds is 5. The van der Waals surface area contributed by atoms with Crippen LogP contribution in [0.5, 0.6) is 0 Å². The quantitative estimate of drug-likeness (QED) is 0.785. The van der Waals surface area contributed by atoms with Gasteiger partial charge in [0.15, 0.2) is 0 Å². The Labute approximate surface area is 136 Å². The molecule has 0 aliphatic heterocycles. The van der Waals surface area contributed by atoms with Crippen molar-refractivity contribution in [2.24, 2.45) is 0 Å². The Morgan fingerprint density at radius 3 is 2.35 bits per heavy atom. The lowest BCUT2D eigenvalue weighted by Gasteiger charge is -2.21. The molecule has 118 valence electrons. The molecule has 0 unspecified atom stereocenters. The molecule has 1 N–H and O–H groups in total. The molecule has 2 atom stereocenters. The summed E-state index contributed by atoms with van der Waals surface area (Å²) in [6.07, 6.45) is 8.99. The van der Waals surface area contributed by atoms with E-state index in [1.807, 2.05) is 17.7 Å². The minimum atomic E-state index is 0.145. The first kappa shape index (κ1) is 15.4. The molecule has 5 nitrogen and oxygen atoms in total. The van der Waals surface area contributed by atoms with Crippen molar-refractivity contribution in [1.82, 2.24) is 24.8 Å². The zero-order valence-electron chi connectivity index (χ0n) is 13.6. The highest BCUT2D eigenvalue weighted by atomic mass is 15.0. The third-order valence-corrected chi connectivity index (χ3v) is 4.02. The normalized spacial score (nSPS) is 13.7. The van der Waals surface area contributed by atoms with E-state index < -0.39 is 0 Å². The van der Waals surface area contributed by atoms with Crippen LogP contribution in [0.15, 0.2) is 55.4 Å². The van der Waals surface area contributed by atoms with E-state index in [9.17, 15) is 0 Å².